The fourth-order valence-corrected chi connectivity index (χ4v) is 2.74. The number of ether oxygens (including phenoxy) is 1. The van der Waals surface area contributed by atoms with Crippen molar-refractivity contribution in [3.63, 3.8) is 0 Å². The lowest BCUT2D eigenvalue weighted by molar-refractivity contribution is 0.0713. The van der Waals surface area contributed by atoms with Crippen LogP contribution in [-0.4, -0.2) is 37.6 Å². The molecule has 0 radical (unpaired) electrons. The van der Waals surface area contributed by atoms with E-state index in [-0.39, 0.29) is 0 Å². The number of morpholine rings is 1. The van der Waals surface area contributed by atoms with Gasteiger partial charge in [0, 0.05) is 0 Å². The van der Waals surface area contributed by atoms with Crippen LogP contribution in [0.5, 0.6) is 0 Å². The van der Waals surface area contributed by atoms with E-state index in [9.17, 15) is 0 Å². The van der Waals surface area contributed by atoms with E-state index < -0.39 is 7.07 Å². The molecule has 1 rings (SSSR count). The third-order valence-electron chi connectivity index (χ3n) is 1.92. The zero-order valence-electron chi connectivity index (χ0n) is 8.07. The van der Waals surface area contributed by atoms with Gasteiger partial charge >= 0.3 is 7.07 Å². The zero-order chi connectivity index (χ0) is 9.52. The minimum absolute atomic E-state index is 0.774. The maximum Gasteiger partial charge on any atom is 0.442 e. The predicted molar refractivity (Wildman–Crippen MR) is 57.5 cm³/mol. The maximum atomic E-state index is 5.57. The van der Waals surface area contributed by atoms with Gasteiger partial charge < -0.3 is 4.74 Å². The highest BCUT2D eigenvalue weighted by Gasteiger charge is 2.26. The molecule has 5 heteroatoms. The average molecular weight is 222 g/mol. The molecule has 13 heavy (non-hydrogen) atoms. The molecule has 0 aliphatic carbocycles. The minimum Gasteiger partial charge on any atom is -0.378 e. The highest BCUT2D eigenvalue weighted by Crippen LogP contribution is 2.29. The van der Waals surface area contributed by atoms with E-state index in [2.05, 4.69) is 11.6 Å². The molecule has 1 fully saturated rings. The molecule has 1 atom stereocenters. The van der Waals surface area contributed by atoms with Crippen molar-refractivity contribution in [3.05, 3.63) is 0 Å². The second-order valence-electron chi connectivity index (χ2n) is 2.99. The summed E-state index contributed by atoms with van der Waals surface area (Å²) in [6, 6.07) is 0. The van der Waals surface area contributed by atoms with Crippen LogP contribution in [0.25, 0.3) is 0 Å². The van der Waals surface area contributed by atoms with Crippen molar-refractivity contribution < 1.29 is 9.26 Å². The maximum absolute atomic E-state index is 5.57. The summed E-state index contributed by atoms with van der Waals surface area (Å²) in [5.74, 6) is 0. The van der Waals surface area contributed by atoms with Gasteiger partial charge in [-0.05, 0) is 6.42 Å². The van der Waals surface area contributed by atoms with Crippen LogP contribution in [0.3, 0.4) is 0 Å². The molecular weight excluding hydrogens is 205 g/mol. The smallest absolute Gasteiger partial charge is 0.378 e. The number of unbranched alkanes of at least 4 members (excludes halogenated alkanes) is 1. The monoisotopic (exact) mass is 222 g/mol. The molecule has 3 nitrogen and oxygen atoms in total. The molecule has 0 aromatic rings. The summed E-state index contributed by atoms with van der Waals surface area (Å²) in [7, 11) is -0.774. The van der Waals surface area contributed by atoms with E-state index in [1.54, 1.807) is 0 Å². The van der Waals surface area contributed by atoms with Crippen molar-refractivity contribution in [2.24, 2.45) is 0 Å². The van der Waals surface area contributed by atoms with Gasteiger partial charge in [-0.2, -0.15) is 4.52 Å². The van der Waals surface area contributed by atoms with Gasteiger partial charge in [0.2, 0.25) is 11.8 Å². The van der Waals surface area contributed by atoms with Crippen LogP contribution in [0.4, 0.5) is 0 Å². The van der Waals surface area contributed by atoms with Crippen molar-refractivity contribution >= 4 is 18.9 Å². The van der Waals surface area contributed by atoms with Crippen LogP contribution in [0, 0.1) is 0 Å². The molecule has 1 saturated heterocycles. The van der Waals surface area contributed by atoms with Gasteiger partial charge in [0.05, 0.1) is 26.3 Å². The molecule has 0 N–H and O–H groups in total. The highest BCUT2D eigenvalue weighted by molar-refractivity contribution is 8.01. The average Bonchev–Trinajstić information content (AvgIpc) is 2.19. The van der Waals surface area contributed by atoms with Gasteiger partial charge in [0.25, 0.3) is 0 Å². The van der Waals surface area contributed by atoms with Crippen molar-refractivity contribution in [1.29, 1.82) is 0 Å². The van der Waals surface area contributed by atoms with Crippen LogP contribution in [-0.2, 0) is 21.1 Å². The Morgan fingerprint density at radius 2 is 2.15 bits per heavy atom. The van der Waals surface area contributed by atoms with Crippen LogP contribution in [0.1, 0.15) is 19.8 Å². The molecular formula is C8H17NO2PS+. The van der Waals surface area contributed by atoms with Crippen LogP contribution in [0.15, 0.2) is 0 Å². The Morgan fingerprint density at radius 3 is 2.77 bits per heavy atom. The third-order valence-corrected chi connectivity index (χ3v) is 4.19. The highest BCUT2D eigenvalue weighted by atomic mass is 32.4. The van der Waals surface area contributed by atoms with Crippen LogP contribution < -0.4 is 0 Å². The summed E-state index contributed by atoms with van der Waals surface area (Å²) in [6.45, 7) is 6.43. The van der Waals surface area contributed by atoms with Gasteiger partial charge in [0.15, 0.2) is 0 Å². The lowest BCUT2D eigenvalue weighted by Crippen LogP contribution is -2.31. The third kappa shape index (κ3) is 4.43. The lowest BCUT2D eigenvalue weighted by atomic mass is 10.4. The van der Waals surface area contributed by atoms with Gasteiger partial charge in [-0.1, -0.05) is 18.0 Å². The van der Waals surface area contributed by atoms with Gasteiger partial charge in [0.1, 0.15) is 6.61 Å². The van der Waals surface area contributed by atoms with E-state index in [4.69, 9.17) is 21.1 Å². The molecule has 0 saturated carbocycles. The Kier molecular flexibility index (Phi) is 6.00. The number of nitrogens with zero attached hydrogens (tertiary/aromatic N) is 1. The van der Waals surface area contributed by atoms with Gasteiger partial charge in [-0.25, -0.2) is 0 Å². The molecule has 1 aliphatic heterocycles. The SMILES string of the molecule is CCCCO[P+](=S)N1CCOCC1. The standard InChI is InChI=1S/C8H17NO2PS/c1-2-3-6-11-12(13)9-4-7-10-8-5-9/h2-8H2,1H3/q+1. The molecule has 0 aromatic carbocycles. The molecule has 1 heterocycles. The molecule has 0 bridgehead atoms. The molecule has 1 aliphatic rings. The van der Waals surface area contributed by atoms with E-state index in [0.29, 0.717) is 0 Å². The second-order valence-corrected chi connectivity index (χ2v) is 5.23. The van der Waals surface area contributed by atoms with Gasteiger partial charge in [-0.3, -0.25) is 0 Å². The molecule has 0 spiro atoms. The summed E-state index contributed by atoms with van der Waals surface area (Å²) in [6.07, 6.45) is 2.28. The van der Waals surface area contributed by atoms with E-state index in [1.165, 1.54) is 6.42 Å². The largest absolute Gasteiger partial charge is 0.442 e. The van der Waals surface area contributed by atoms with E-state index >= 15 is 0 Å². The second kappa shape index (κ2) is 6.80. The summed E-state index contributed by atoms with van der Waals surface area (Å²) in [5, 5.41) is 0. The summed E-state index contributed by atoms with van der Waals surface area (Å²) < 4.78 is 13.0. The first-order chi connectivity index (χ1) is 6.34. The van der Waals surface area contributed by atoms with Crippen molar-refractivity contribution in [2.75, 3.05) is 32.9 Å². The summed E-state index contributed by atoms with van der Waals surface area (Å²) in [4.78, 5) is 0. The Morgan fingerprint density at radius 1 is 1.46 bits per heavy atom. The lowest BCUT2D eigenvalue weighted by Gasteiger charge is -2.17. The van der Waals surface area contributed by atoms with E-state index in [1.807, 2.05) is 0 Å². The fraction of sp³-hybridized carbons (Fsp3) is 1.00. The summed E-state index contributed by atoms with van der Waals surface area (Å²) >= 11 is 5.28. The number of hydrogen-bond donors (Lipinski definition) is 0. The Bertz CT molecular complexity index is 162. The molecule has 76 valence electrons. The first kappa shape index (κ1) is 11.5. The van der Waals surface area contributed by atoms with Crippen LogP contribution >= 0.6 is 7.07 Å². The van der Waals surface area contributed by atoms with Gasteiger partial charge in [-0.15, -0.1) is 0 Å². The topological polar surface area (TPSA) is 21.7 Å². The minimum atomic E-state index is -0.774. The van der Waals surface area contributed by atoms with Crippen molar-refractivity contribution in [3.8, 4) is 0 Å². The quantitative estimate of drug-likeness (QED) is 0.523. The molecule has 1 unspecified atom stereocenters. The van der Waals surface area contributed by atoms with Crippen LogP contribution in [0.2, 0.25) is 0 Å². The summed E-state index contributed by atoms with van der Waals surface area (Å²) in [5.41, 5.74) is 0. The number of rotatable bonds is 5. The molecule has 0 amide bonds. The first-order valence-corrected chi connectivity index (χ1v) is 7.00. The normalized spacial score (nSPS) is 20.2. The van der Waals surface area contributed by atoms with Crippen molar-refractivity contribution in [2.45, 2.75) is 19.8 Å². The Balaban J connectivity index is 2.13. The predicted octanol–water partition coefficient (Wildman–Crippen LogP) is 1.91. The number of hydrogen-bond acceptors (Lipinski definition) is 3. The first-order valence-electron chi connectivity index (χ1n) is 4.77. The Labute approximate surface area is 86.0 Å². The van der Waals surface area contributed by atoms with E-state index in [0.717, 1.165) is 39.3 Å². The fourth-order valence-electron chi connectivity index (χ4n) is 1.09. The Hall–Kier alpha value is 0.400. The van der Waals surface area contributed by atoms with Crippen molar-refractivity contribution in [1.82, 2.24) is 4.67 Å². The zero-order valence-corrected chi connectivity index (χ0v) is 9.78. The molecule has 0 aromatic heterocycles.